The number of nitrogens with zero attached hydrogens (tertiary/aromatic N) is 2. The van der Waals surface area contributed by atoms with E-state index in [9.17, 15) is 8.42 Å². The molecule has 6 nitrogen and oxygen atoms in total. The van der Waals surface area contributed by atoms with Crippen molar-refractivity contribution in [1.29, 1.82) is 0 Å². The molecule has 1 aromatic heterocycles. The maximum atomic E-state index is 12.5. The molecular weight excluding hydrogens is 284 g/mol. The van der Waals surface area contributed by atoms with Crippen LogP contribution in [0.1, 0.15) is 33.0 Å². The molecule has 8 heteroatoms. The number of nitrogens with one attached hydrogen (secondary N) is 1. The number of H-pyrrole nitrogens is 1. The van der Waals surface area contributed by atoms with E-state index < -0.39 is 10.0 Å². The highest BCUT2D eigenvalue weighted by atomic mass is 32.2. The number of rotatable bonds is 7. The standard InChI is InChI=1S/C11H20N4O2S2/c1-4-10-13-7-11(14-10)19(16,17)15(8(2)3)6-5-9(12)18/h7-8H,4-6H2,1-3H3,(H2,12,18)(H,13,14). The normalized spacial score (nSPS) is 12.3. The van der Waals surface area contributed by atoms with Gasteiger partial charge in [0.25, 0.3) is 10.0 Å². The molecule has 3 N–H and O–H groups in total. The van der Waals surface area contributed by atoms with E-state index in [4.69, 9.17) is 18.0 Å². The molecule has 0 radical (unpaired) electrons. The minimum Gasteiger partial charge on any atom is -0.393 e. The molecule has 0 unspecified atom stereocenters. The average molecular weight is 304 g/mol. The van der Waals surface area contributed by atoms with Crippen LogP contribution < -0.4 is 5.73 Å². The van der Waals surface area contributed by atoms with Gasteiger partial charge < -0.3 is 10.7 Å². The summed E-state index contributed by atoms with van der Waals surface area (Å²) in [5.74, 6) is 0.650. The summed E-state index contributed by atoms with van der Waals surface area (Å²) < 4.78 is 26.3. The maximum absolute atomic E-state index is 12.5. The van der Waals surface area contributed by atoms with E-state index in [0.717, 1.165) is 0 Å². The molecule has 0 bridgehead atoms. The van der Waals surface area contributed by atoms with Crippen LogP contribution in [0.25, 0.3) is 0 Å². The quantitative estimate of drug-likeness (QED) is 0.735. The number of aryl methyl sites for hydroxylation is 1. The fraction of sp³-hybridized carbons (Fsp3) is 0.636. The second-order valence-electron chi connectivity index (χ2n) is 4.47. The molecule has 1 aromatic rings. The predicted molar refractivity (Wildman–Crippen MR) is 78.4 cm³/mol. The lowest BCUT2D eigenvalue weighted by molar-refractivity contribution is 0.361. The fourth-order valence-electron chi connectivity index (χ4n) is 1.66. The Morgan fingerprint density at radius 3 is 2.63 bits per heavy atom. The number of aromatic amines is 1. The zero-order chi connectivity index (χ0) is 14.6. The smallest absolute Gasteiger partial charge is 0.260 e. The molecule has 0 amide bonds. The largest absolute Gasteiger partial charge is 0.393 e. The topological polar surface area (TPSA) is 92.1 Å². The molecule has 0 aromatic carbocycles. The third kappa shape index (κ3) is 3.99. The van der Waals surface area contributed by atoms with Crippen molar-refractivity contribution in [2.24, 2.45) is 5.73 Å². The number of hydrogen-bond acceptors (Lipinski definition) is 4. The molecule has 0 fully saturated rings. The first kappa shape index (κ1) is 16.1. The van der Waals surface area contributed by atoms with Gasteiger partial charge in [0.2, 0.25) is 0 Å². The summed E-state index contributed by atoms with van der Waals surface area (Å²) in [6, 6.07) is -0.173. The zero-order valence-electron chi connectivity index (χ0n) is 11.4. The summed E-state index contributed by atoms with van der Waals surface area (Å²) in [7, 11) is -3.59. The Labute approximate surface area is 119 Å². The van der Waals surface area contributed by atoms with Gasteiger partial charge in [-0.1, -0.05) is 19.1 Å². The van der Waals surface area contributed by atoms with Crippen molar-refractivity contribution in [3.8, 4) is 0 Å². The average Bonchev–Trinajstić information content (AvgIpc) is 2.76. The van der Waals surface area contributed by atoms with Gasteiger partial charge in [0, 0.05) is 25.4 Å². The predicted octanol–water partition coefficient (Wildman–Crippen LogP) is 1.05. The Kier molecular flexibility index (Phi) is 5.45. The van der Waals surface area contributed by atoms with E-state index in [0.29, 0.717) is 23.7 Å². The molecule has 0 aliphatic carbocycles. The molecule has 0 aliphatic rings. The summed E-state index contributed by atoms with van der Waals surface area (Å²) in [5, 5.41) is 0.112. The highest BCUT2D eigenvalue weighted by Gasteiger charge is 2.28. The van der Waals surface area contributed by atoms with Gasteiger partial charge in [-0.25, -0.2) is 13.4 Å². The summed E-state index contributed by atoms with van der Waals surface area (Å²) in [5.41, 5.74) is 5.44. The zero-order valence-corrected chi connectivity index (χ0v) is 13.0. The Bertz CT molecular complexity index is 537. The van der Waals surface area contributed by atoms with Crippen molar-refractivity contribution in [1.82, 2.24) is 14.3 Å². The van der Waals surface area contributed by atoms with Crippen LogP contribution >= 0.6 is 12.2 Å². The van der Waals surface area contributed by atoms with Crippen molar-refractivity contribution in [2.75, 3.05) is 6.54 Å². The van der Waals surface area contributed by atoms with Crippen molar-refractivity contribution < 1.29 is 8.42 Å². The number of thiocarbonyl (C=S) groups is 1. The molecule has 1 rings (SSSR count). The van der Waals surface area contributed by atoms with Crippen molar-refractivity contribution in [3.63, 3.8) is 0 Å². The van der Waals surface area contributed by atoms with Crippen LogP contribution in [0, 0.1) is 0 Å². The van der Waals surface area contributed by atoms with Crippen LogP contribution in [0.5, 0.6) is 0 Å². The molecule has 0 saturated heterocycles. The van der Waals surface area contributed by atoms with Gasteiger partial charge in [-0.3, -0.25) is 0 Å². The van der Waals surface area contributed by atoms with E-state index in [2.05, 4.69) is 9.97 Å². The van der Waals surface area contributed by atoms with E-state index in [1.54, 1.807) is 0 Å². The van der Waals surface area contributed by atoms with E-state index >= 15 is 0 Å². The molecule has 108 valence electrons. The van der Waals surface area contributed by atoms with Crippen molar-refractivity contribution in [3.05, 3.63) is 12.0 Å². The third-order valence-corrected chi connectivity index (χ3v) is 4.87. The SMILES string of the molecule is CCc1ncc(S(=O)(=O)N(CCC(N)=S)C(C)C)[nH]1. The molecule has 0 saturated carbocycles. The van der Waals surface area contributed by atoms with Gasteiger partial charge in [0.1, 0.15) is 5.82 Å². The molecule has 1 heterocycles. The van der Waals surface area contributed by atoms with Gasteiger partial charge in [-0.2, -0.15) is 4.31 Å². The minimum absolute atomic E-state index is 0.112. The second-order valence-corrected chi connectivity index (χ2v) is 6.86. The number of aromatic nitrogens is 2. The van der Waals surface area contributed by atoms with Gasteiger partial charge in [-0.05, 0) is 13.8 Å². The molecule has 19 heavy (non-hydrogen) atoms. The number of imidazole rings is 1. The number of sulfonamides is 1. The highest BCUT2D eigenvalue weighted by molar-refractivity contribution is 7.89. The van der Waals surface area contributed by atoms with Gasteiger partial charge in [0.05, 0.1) is 11.2 Å². The summed E-state index contributed by atoms with van der Waals surface area (Å²) >= 11 is 4.80. The first-order valence-corrected chi connectivity index (χ1v) is 7.97. The molecule has 0 spiro atoms. The number of nitrogens with two attached hydrogens (primary N) is 1. The Morgan fingerprint density at radius 2 is 2.21 bits per heavy atom. The third-order valence-electron chi connectivity index (χ3n) is 2.68. The highest BCUT2D eigenvalue weighted by Crippen LogP contribution is 2.17. The van der Waals surface area contributed by atoms with Crippen molar-refractivity contribution >= 4 is 27.2 Å². The Morgan fingerprint density at radius 1 is 1.58 bits per heavy atom. The van der Waals surface area contributed by atoms with Crippen molar-refractivity contribution in [2.45, 2.75) is 44.7 Å². The lowest BCUT2D eigenvalue weighted by Crippen LogP contribution is -2.39. The molecule has 0 aliphatic heterocycles. The van der Waals surface area contributed by atoms with Crippen LogP contribution in [0.3, 0.4) is 0 Å². The van der Waals surface area contributed by atoms with Crippen LogP contribution in [0.4, 0.5) is 0 Å². The fourth-order valence-corrected chi connectivity index (χ4v) is 3.32. The molecular formula is C11H20N4O2S2. The van der Waals surface area contributed by atoms with Gasteiger partial charge in [-0.15, -0.1) is 0 Å². The van der Waals surface area contributed by atoms with E-state index in [1.165, 1.54) is 10.5 Å². The van der Waals surface area contributed by atoms with E-state index in [1.807, 2.05) is 20.8 Å². The van der Waals surface area contributed by atoms with Crippen LogP contribution in [-0.4, -0.2) is 40.3 Å². The number of hydrogen-bond donors (Lipinski definition) is 2. The lowest BCUT2D eigenvalue weighted by Gasteiger charge is -2.24. The summed E-state index contributed by atoms with van der Waals surface area (Å²) in [6.45, 7) is 5.81. The Hall–Kier alpha value is -0.990. The van der Waals surface area contributed by atoms with Crippen LogP contribution in [0.15, 0.2) is 11.2 Å². The minimum atomic E-state index is -3.59. The Balaban J connectivity index is 3.02. The second kappa shape index (κ2) is 6.44. The summed E-state index contributed by atoms with van der Waals surface area (Å²) in [6.07, 6.45) is 2.37. The van der Waals surface area contributed by atoms with Gasteiger partial charge >= 0.3 is 0 Å². The monoisotopic (exact) mass is 304 g/mol. The summed E-state index contributed by atoms with van der Waals surface area (Å²) in [4.78, 5) is 7.15. The first-order valence-electron chi connectivity index (χ1n) is 6.13. The first-order chi connectivity index (χ1) is 8.78. The maximum Gasteiger partial charge on any atom is 0.260 e. The van der Waals surface area contributed by atoms with Gasteiger partial charge in [0.15, 0.2) is 5.03 Å². The van der Waals surface area contributed by atoms with E-state index in [-0.39, 0.29) is 17.6 Å². The molecule has 0 atom stereocenters. The van der Waals surface area contributed by atoms with Crippen LogP contribution in [0.2, 0.25) is 0 Å². The van der Waals surface area contributed by atoms with Crippen LogP contribution in [-0.2, 0) is 16.4 Å². The lowest BCUT2D eigenvalue weighted by atomic mass is 10.3.